The molecular weight excluding hydrogens is 426 g/mol. The summed E-state index contributed by atoms with van der Waals surface area (Å²) in [6.45, 7) is 1.96. The lowest BCUT2D eigenvalue weighted by Gasteiger charge is -2.55. The first-order valence-electron chi connectivity index (χ1n) is 10.1. The Bertz CT molecular complexity index is 1250. The molecule has 160 valence electrons. The molecule has 2 heterocycles. The third-order valence-electron chi connectivity index (χ3n) is 5.90. The molecule has 7 nitrogen and oxygen atoms in total. The molecule has 0 aromatic heterocycles. The van der Waals surface area contributed by atoms with Crippen molar-refractivity contribution in [3.8, 4) is 5.75 Å². The SMILES string of the molecule is C[C@]12C[C@H](c3ccccc3O1)N(C(=O)c1cccc([N+](=O)[O-])c1)C(=S)N2c1ccccc1. The summed E-state index contributed by atoms with van der Waals surface area (Å²) in [6, 6.07) is 22.5. The molecule has 2 bridgehead atoms. The molecule has 0 N–H and O–H groups in total. The number of hydrogen-bond donors (Lipinski definition) is 0. The van der Waals surface area contributed by atoms with E-state index in [2.05, 4.69) is 0 Å². The maximum Gasteiger partial charge on any atom is 0.270 e. The molecule has 0 aliphatic carbocycles. The summed E-state index contributed by atoms with van der Waals surface area (Å²) in [4.78, 5) is 27.9. The summed E-state index contributed by atoms with van der Waals surface area (Å²) in [6.07, 6.45) is 0.486. The Morgan fingerprint density at radius 2 is 1.81 bits per heavy atom. The van der Waals surface area contributed by atoms with E-state index in [9.17, 15) is 14.9 Å². The fourth-order valence-corrected chi connectivity index (χ4v) is 5.00. The number of benzene rings is 3. The molecule has 5 rings (SSSR count). The lowest BCUT2D eigenvalue weighted by Crippen LogP contribution is -2.67. The second-order valence-corrected chi connectivity index (χ2v) is 8.34. The van der Waals surface area contributed by atoms with Gasteiger partial charge in [0, 0.05) is 35.4 Å². The van der Waals surface area contributed by atoms with Crippen molar-refractivity contribution in [2.45, 2.75) is 25.1 Å². The number of non-ortho nitro benzene ring substituents is 1. The van der Waals surface area contributed by atoms with Crippen LogP contribution >= 0.6 is 12.2 Å². The first-order valence-corrected chi connectivity index (χ1v) is 10.5. The molecule has 2 atom stereocenters. The van der Waals surface area contributed by atoms with Gasteiger partial charge in [0.15, 0.2) is 10.8 Å². The van der Waals surface area contributed by atoms with Gasteiger partial charge in [-0.15, -0.1) is 0 Å². The second-order valence-electron chi connectivity index (χ2n) is 7.97. The summed E-state index contributed by atoms with van der Waals surface area (Å²) in [7, 11) is 0. The maximum absolute atomic E-state index is 13.7. The standard InChI is InChI=1S/C24H19N3O4S/c1-24-15-20(19-12-5-6-13-21(19)31-24)25(23(32)26(24)17-9-3-2-4-10-17)22(28)16-8-7-11-18(14-16)27(29)30/h2-14,20H,15H2,1H3/t20-,24-/m1/s1. The number of thiocarbonyl (C=S) groups is 1. The van der Waals surface area contributed by atoms with Crippen LogP contribution in [0, 0.1) is 10.1 Å². The highest BCUT2D eigenvalue weighted by molar-refractivity contribution is 7.80. The maximum atomic E-state index is 13.7. The van der Waals surface area contributed by atoms with Crippen LogP contribution in [0.4, 0.5) is 11.4 Å². The normalized spacial score (nSPS) is 21.5. The summed E-state index contributed by atoms with van der Waals surface area (Å²) in [5, 5.41) is 11.6. The van der Waals surface area contributed by atoms with Crippen LogP contribution in [0.5, 0.6) is 5.75 Å². The van der Waals surface area contributed by atoms with Gasteiger partial charge in [-0.2, -0.15) is 0 Å². The van der Waals surface area contributed by atoms with Gasteiger partial charge in [-0.3, -0.25) is 24.7 Å². The van der Waals surface area contributed by atoms with E-state index in [1.165, 1.54) is 18.2 Å². The van der Waals surface area contributed by atoms with Gasteiger partial charge in [-0.1, -0.05) is 42.5 Å². The number of rotatable bonds is 3. The van der Waals surface area contributed by atoms with E-state index in [1.807, 2.05) is 66.4 Å². The van der Waals surface area contributed by atoms with Crippen molar-refractivity contribution in [1.29, 1.82) is 0 Å². The van der Waals surface area contributed by atoms with Crippen LogP contribution in [0.2, 0.25) is 0 Å². The lowest BCUT2D eigenvalue weighted by molar-refractivity contribution is -0.384. The number of anilines is 1. The van der Waals surface area contributed by atoms with Gasteiger partial charge >= 0.3 is 0 Å². The zero-order valence-electron chi connectivity index (χ0n) is 17.2. The molecule has 32 heavy (non-hydrogen) atoms. The number of carbonyl (C=O) groups is 1. The van der Waals surface area contributed by atoms with E-state index < -0.39 is 10.6 Å². The average Bonchev–Trinajstić information content (AvgIpc) is 2.79. The number of nitro benzene ring substituents is 1. The molecule has 3 aromatic rings. The summed E-state index contributed by atoms with van der Waals surface area (Å²) in [5.41, 5.74) is 0.934. The van der Waals surface area contributed by atoms with E-state index in [0.717, 1.165) is 11.3 Å². The molecule has 1 saturated heterocycles. The third-order valence-corrected chi connectivity index (χ3v) is 6.28. The van der Waals surface area contributed by atoms with E-state index in [-0.39, 0.29) is 23.2 Å². The van der Waals surface area contributed by atoms with Crippen LogP contribution in [-0.2, 0) is 0 Å². The Balaban J connectivity index is 1.66. The highest BCUT2D eigenvalue weighted by atomic mass is 32.1. The number of para-hydroxylation sites is 2. The predicted molar refractivity (Wildman–Crippen MR) is 124 cm³/mol. The minimum absolute atomic E-state index is 0.143. The fourth-order valence-electron chi connectivity index (χ4n) is 4.49. The number of amides is 1. The van der Waals surface area contributed by atoms with Gasteiger partial charge in [0.05, 0.1) is 11.0 Å². The molecule has 0 spiro atoms. The van der Waals surface area contributed by atoms with Crippen molar-refractivity contribution in [3.05, 3.63) is 100 Å². The summed E-state index contributed by atoms with van der Waals surface area (Å²) in [5.74, 6) is 0.301. The Morgan fingerprint density at radius 1 is 1.09 bits per heavy atom. The van der Waals surface area contributed by atoms with Crippen molar-refractivity contribution in [2.75, 3.05) is 4.90 Å². The Labute approximate surface area is 190 Å². The van der Waals surface area contributed by atoms with E-state index in [0.29, 0.717) is 17.3 Å². The van der Waals surface area contributed by atoms with Crippen molar-refractivity contribution in [3.63, 3.8) is 0 Å². The fraction of sp³-hybridized carbons (Fsp3) is 0.167. The van der Waals surface area contributed by atoms with Gasteiger partial charge in [0.2, 0.25) is 0 Å². The molecule has 8 heteroatoms. The molecule has 0 saturated carbocycles. The van der Waals surface area contributed by atoms with Crippen LogP contribution < -0.4 is 9.64 Å². The molecule has 1 amide bonds. The zero-order valence-corrected chi connectivity index (χ0v) is 18.0. The van der Waals surface area contributed by atoms with Crippen LogP contribution in [0.1, 0.15) is 35.3 Å². The molecule has 2 aliphatic rings. The molecule has 0 radical (unpaired) electrons. The third kappa shape index (κ3) is 3.11. The minimum Gasteiger partial charge on any atom is -0.467 e. The Kier molecular flexibility index (Phi) is 4.67. The average molecular weight is 446 g/mol. The van der Waals surface area contributed by atoms with Crippen LogP contribution in [-0.4, -0.2) is 26.6 Å². The van der Waals surface area contributed by atoms with Gasteiger partial charge in [-0.05, 0) is 43.4 Å². The van der Waals surface area contributed by atoms with Gasteiger partial charge in [0.25, 0.3) is 11.6 Å². The van der Waals surface area contributed by atoms with E-state index in [4.69, 9.17) is 17.0 Å². The second kappa shape index (κ2) is 7.42. The minimum atomic E-state index is -0.795. The highest BCUT2D eigenvalue weighted by Crippen LogP contribution is 2.49. The van der Waals surface area contributed by atoms with Crippen LogP contribution in [0.15, 0.2) is 78.9 Å². The number of carbonyl (C=O) groups excluding carboxylic acids is 1. The molecular formula is C24H19N3O4S. The number of hydrogen-bond acceptors (Lipinski definition) is 5. The number of fused-ring (bicyclic) bond motifs is 4. The van der Waals surface area contributed by atoms with Gasteiger partial charge in [-0.25, -0.2) is 0 Å². The first-order chi connectivity index (χ1) is 15.4. The van der Waals surface area contributed by atoms with E-state index in [1.54, 1.807) is 11.0 Å². The molecule has 0 unspecified atom stereocenters. The number of nitrogens with zero attached hydrogens (tertiary/aromatic N) is 3. The van der Waals surface area contributed by atoms with Crippen LogP contribution in [0.25, 0.3) is 0 Å². The first kappa shape index (κ1) is 20.1. The van der Waals surface area contributed by atoms with Crippen LogP contribution in [0.3, 0.4) is 0 Å². The van der Waals surface area contributed by atoms with Crippen molar-refractivity contribution in [1.82, 2.24) is 4.90 Å². The highest BCUT2D eigenvalue weighted by Gasteiger charge is 2.53. The van der Waals surface area contributed by atoms with E-state index >= 15 is 0 Å². The number of ether oxygens (including phenoxy) is 1. The van der Waals surface area contributed by atoms with Crippen molar-refractivity contribution >= 4 is 34.6 Å². The van der Waals surface area contributed by atoms with Crippen molar-refractivity contribution < 1.29 is 14.5 Å². The quantitative estimate of drug-likeness (QED) is 0.318. The van der Waals surface area contributed by atoms with Gasteiger partial charge < -0.3 is 4.74 Å². The lowest BCUT2D eigenvalue weighted by atomic mass is 9.88. The topological polar surface area (TPSA) is 75.9 Å². The predicted octanol–water partition coefficient (Wildman–Crippen LogP) is 5.08. The Hall–Kier alpha value is -3.78. The zero-order chi connectivity index (χ0) is 22.5. The largest absolute Gasteiger partial charge is 0.467 e. The monoisotopic (exact) mass is 445 g/mol. The molecule has 1 fully saturated rings. The smallest absolute Gasteiger partial charge is 0.270 e. The summed E-state index contributed by atoms with van der Waals surface area (Å²) < 4.78 is 6.42. The Morgan fingerprint density at radius 3 is 2.56 bits per heavy atom. The number of nitro groups is 1. The summed E-state index contributed by atoms with van der Waals surface area (Å²) >= 11 is 5.86. The molecule has 3 aromatic carbocycles. The van der Waals surface area contributed by atoms with Gasteiger partial charge in [0.1, 0.15) is 5.75 Å². The van der Waals surface area contributed by atoms with Crippen molar-refractivity contribution in [2.24, 2.45) is 0 Å². The molecule has 2 aliphatic heterocycles.